The zero-order valence-electron chi connectivity index (χ0n) is 17.9. The normalized spacial score (nSPS) is 11.6. The van der Waals surface area contributed by atoms with Gasteiger partial charge in [-0.25, -0.2) is 18.5 Å². The highest BCUT2D eigenvalue weighted by Crippen LogP contribution is 2.12. The van der Waals surface area contributed by atoms with Gasteiger partial charge in [0.05, 0.1) is 18.0 Å². The highest BCUT2D eigenvalue weighted by Gasteiger charge is 2.07. The second-order valence-electron chi connectivity index (χ2n) is 7.03. The Kier molecular flexibility index (Phi) is 10.1. The molecule has 172 valence electrons. The van der Waals surface area contributed by atoms with Gasteiger partial charge in [-0.2, -0.15) is 5.10 Å². The Morgan fingerprint density at radius 3 is 2.41 bits per heavy atom. The Labute approximate surface area is 206 Å². The lowest BCUT2D eigenvalue weighted by molar-refractivity contribution is 0.598. The van der Waals surface area contributed by atoms with Crippen molar-refractivity contribution >= 4 is 40.0 Å². The molecule has 0 saturated carbocycles. The fraction of sp³-hybridized carbons (Fsp3) is 0.273. The molecule has 0 atom stereocenters. The van der Waals surface area contributed by atoms with Crippen LogP contribution in [0.4, 0.5) is 0 Å². The Balaban J connectivity index is 0.00000363. The van der Waals surface area contributed by atoms with E-state index >= 15 is 0 Å². The van der Waals surface area contributed by atoms with Gasteiger partial charge in [0, 0.05) is 25.5 Å². The molecule has 4 N–H and O–H groups in total. The van der Waals surface area contributed by atoms with Crippen LogP contribution in [0.1, 0.15) is 23.6 Å². The van der Waals surface area contributed by atoms with Crippen LogP contribution in [0.15, 0.2) is 76.9 Å². The summed E-state index contributed by atoms with van der Waals surface area (Å²) in [5.41, 5.74) is 3.34. The number of aliphatic imine (C=N–C) groups is 1. The molecule has 32 heavy (non-hydrogen) atoms. The number of nitrogens with zero attached hydrogens (tertiary/aromatic N) is 3. The van der Waals surface area contributed by atoms with Gasteiger partial charge in [0.1, 0.15) is 0 Å². The Morgan fingerprint density at radius 1 is 1.06 bits per heavy atom. The molecule has 1 aromatic heterocycles. The fourth-order valence-electron chi connectivity index (χ4n) is 3.11. The lowest BCUT2D eigenvalue weighted by Crippen LogP contribution is -2.38. The standard InChI is InChI=1S/C22H28N6O2S.HI/c1-2-24-22(25-14-12-18-8-10-21(11-9-18)31(23,29)30)26-16-19-6-3-4-7-20(19)17-28-15-5-13-27-28;/h3-11,13,15H,2,12,14,16-17H2,1H3,(H2,23,29,30)(H2,24,25,26);1H. The summed E-state index contributed by atoms with van der Waals surface area (Å²) in [6.45, 7) is 4.70. The molecule has 2 aromatic carbocycles. The van der Waals surface area contributed by atoms with E-state index in [9.17, 15) is 8.42 Å². The molecule has 0 spiro atoms. The molecule has 0 fully saturated rings. The highest BCUT2D eigenvalue weighted by atomic mass is 127. The Morgan fingerprint density at radius 2 is 1.78 bits per heavy atom. The number of rotatable bonds is 9. The maximum Gasteiger partial charge on any atom is 0.238 e. The van der Waals surface area contributed by atoms with Crippen molar-refractivity contribution in [2.75, 3.05) is 13.1 Å². The molecule has 0 aliphatic carbocycles. The lowest BCUT2D eigenvalue weighted by Gasteiger charge is -2.13. The Hall–Kier alpha value is -2.44. The van der Waals surface area contributed by atoms with Crippen molar-refractivity contribution in [3.05, 3.63) is 83.7 Å². The third-order valence-electron chi connectivity index (χ3n) is 4.72. The summed E-state index contributed by atoms with van der Waals surface area (Å²) in [5.74, 6) is 0.734. The number of guanidine groups is 1. The van der Waals surface area contributed by atoms with E-state index in [1.54, 1.807) is 18.3 Å². The van der Waals surface area contributed by atoms with Crippen molar-refractivity contribution in [2.24, 2.45) is 10.1 Å². The van der Waals surface area contributed by atoms with Crippen LogP contribution in [0.2, 0.25) is 0 Å². The minimum atomic E-state index is -3.67. The SMILES string of the molecule is CCNC(=NCc1ccccc1Cn1cccn1)NCCc1ccc(S(N)(=O)=O)cc1.I. The second-order valence-corrected chi connectivity index (χ2v) is 8.59. The summed E-state index contributed by atoms with van der Waals surface area (Å²) in [5, 5.41) is 16.0. The van der Waals surface area contributed by atoms with Gasteiger partial charge in [-0.15, -0.1) is 24.0 Å². The highest BCUT2D eigenvalue weighted by molar-refractivity contribution is 14.0. The molecule has 0 aliphatic heterocycles. The minimum absolute atomic E-state index is 0. The fourth-order valence-corrected chi connectivity index (χ4v) is 3.63. The average molecular weight is 568 g/mol. The molecule has 0 radical (unpaired) electrons. The predicted molar refractivity (Wildman–Crippen MR) is 138 cm³/mol. The molecule has 3 aromatic rings. The third kappa shape index (κ3) is 7.92. The van der Waals surface area contributed by atoms with Crippen LogP contribution in [0.3, 0.4) is 0 Å². The molecular weight excluding hydrogens is 539 g/mol. The monoisotopic (exact) mass is 568 g/mol. The number of hydrogen-bond acceptors (Lipinski definition) is 4. The smallest absolute Gasteiger partial charge is 0.238 e. The topological polar surface area (TPSA) is 114 Å². The van der Waals surface area contributed by atoms with Crippen LogP contribution in [0.5, 0.6) is 0 Å². The summed E-state index contributed by atoms with van der Waals surface area (Å²) in [6.07, 6.45) is 4.45. The van der Waals surface area contributed by atoms with Gasteiger partial charge in [-0.1, -0.05) is 36.4 Å². The number of primary sulfonamides is 1. The van der Waals surface area contributed by atoms with E-state index in [0.717, 1.165) is 30.1 Å². The molecule has 0 amide bonds. The quantitative estimate of drug-likeness (QED) is 0.209. The van der Waals surface area contributed by atoms with Gasteiger partial charge < -0.3 is 10.6 Å². The van der Waals surface area contributed by atoms with Crippen LogP contribution in [0, 0.1) is 0 Å². The summed E-state index contributed by atoms with van der Waals surface area (Å²) in [4.78, 5) is 4.84. The van der Waals surface area contributed by atoms with E-state index in [1.165, 1.54) is 17.7 Å². The van der Waals surface area contributed by atoms with Crippen LogP contribution in [-0.4, -0.2) is 37.2 Å². The molecule has 1 heterocycles. The van der Waals surface area contributed by atoms with Gasteiger partial charge >= 0.3 is 0 Å². The van der Waals surface area contributed by atoms with Crippen LogP contribution in [0.25, 0.3) is 0 Å². The first-order valence-electron chi connectivity index (χ1n) is 10.1. The zero-order valence-corrected chi connectivity index (χ0v) is 21.1. The molecule has 3 rings (SSSR count). The number of halogens is 1. The number of hydrogen-bond donors (Lipinski definition) is 3. The van der Waals surface area contributed by atoms with E-state index in [0.29, 0.717) is 19.6 Å². The number of nitrogens with two attached hydrogens (primary N) is 1. The molecule has 0 unspecified atom stereocenters. The van der Waals surface area contributed by atoms with E-state index in [1.807, 2.05) is 36.0 Å². The number of aromatic nitrogens is 2. The maximum atomic E-state index is 11.4. The van der Waals surface area contributed by atoms with E-state index in [-0.39, 0.29) is 28.9 Å². The first-order chi connectivity index (χ1) is 15.0. The van der Waals surface area contributed by atoms with Crippen molar-refractivity contribution in [3.63, 3.8) is 0 Å². The van der Waals surface area contributed by atoms with Gasteiger partial charge in [-0.3, -0.25) is 4.68 Å². The number of nitrogens with one attached hydrogen (secondary N) is 2. The molecule has 10 heteroatoms. The summed E-state index contributed by atoms with van der Waals surface area (Å²) in [7, 11) is -3.67. The lowest BCUT2D eigenvalue weighted by atomic mass is 10.1. The van der Waals surface area contributed by atoms with Crippen molar-refractivity contribution in [2.45, 2.75) is 31.3 Å². The molecule has 0 saturated heterocycles. The average Bonchev–Trinajstić information content (AvgIpc) is 3.26. The molecule has 8 nitrogen and oxygen atoms in total. The van der Waals surface area contributed by atoms with Crippen LogP contribution in [-0.2, 0) is 29.5 Å². The van der Waals surface area contributed by atoms with Crippen molar-refractivity contribution < 1.29 is 8.42 Å². The number of benzene rings is 2. The summed E-state index contributed by atoms with van der Waals surface area (Å²) >= 11 is 0. The first kappa shape index (κ1) is 25.8. The van der Waals surface area contributed by atoms with E-state index < -0.39 is 10.0 Å². The van der Waals surface area contributed by atoms with Gasteiger partial charge in [0.2, 0.25) is 10.0 Å². The zero-order chi connectivity index (χ0) is 22.1. The van der Waals surface area contributed by atoms with Gasteiger partial charge in [0.15, 0.2) is 5.96 Å². The Bertz CT molecular complexity index is 1100. The van der Waals surface area contributed by atoms with Crippen molar-refractivity contribution in [1.29, 1.82) is 0 Å². The maximum absolute atomic E-state index is 11.4. The van der Waals surface area contributed by atoms with E-state index in [2.05, 4.69) is 27.9 Å². The summed E-state index contributed by atoms with van der Waals surface area (Å²) < 4.78 is 24.6. The summed E-state index contributed by atoms with van der Waals surface area (Å²) in [6, 6.07) is 16.7. The number of sulfonamides is 1. The predicted octanol–water partition coefficient (Wildman–Crippen LogP) is 2.49. The third-order valence-corrected chi connectivity index (χ3v) is 5.65. The van der Waals surface area contributed by atoms with Crippen LogP contribution >= 0.6 is 24.0 Å². The second kappa shape index (κ2) is 12.6. The molecule has 0 bridgehead atoms. The van der Waals surface area contributed by atoms with Crippen molar-refractivity contribution in [3.8, 4) is 0 Å². The molecular formula is C22H29IN6O2S. The largest absolute Gasteiger partial charge is 0.357 e. The molecule has 0 aliphatic rings. The van der Waals surface area contributed by atoms with Crippen molar-refractivity contribution in [1.82, 2.24) is 20.4 Å². The van der Waals surface area contributed by atoms with Gasteiger partial charge in [0.25, 0.3) is 0 Å². The van der Waals surface area contributed by atoms with Gasteiger partial charge in [-0.05, 0) is 48.2 Å². The van der Waals surface area contributed by atoms with Crippen LogP contribution < -0.4 is 15.8 Å². The van der Waals surface area contributed by atoms with E-state index in [4.69, 9.17) is 10.1 Å². The first-order valence-corrected chi connectivity index (χ1v) is 11.7. The minimum Gasteiger partial charge on any atom is -0.357 e.